The van der Waals surface area contributed by atoms with E-state index in [4.69, 9.17) is 4.74 Å². The monoisotopic (exact) mass is 513 g/mol. The first-order chi connectivity index (χ1) is 17.4. The van der Waals surface area contributed by atoms with Crippen LogP contribution in [0.2, 0.25) is 0 Å². The van der Waals surface area contributed by atoms with E-state index in [2.05, 4.69) is 31.0 Å². The van der Waals surface area contributed by atoms with Crippen molar-refractivity contribution in [1.82, 2.24) is 15.1 Å². The molecule has 0 spiro atoms. The first-order valence-corrected chi connectivity index (χ1v) is 15.3. The third-order valence-corrected chi connectivity index (χ3v) is 10.9. The van der Waals surface area contributed by atoms with Gasteiger partial charge in [-0.25, -0.2) is 0 Å². The Bertz CT molecular complexity index is 990. The number of fused-ring (bicyclic) bond motifs is 1. The van der Waals surface area contributed by atoms with E-state index < -0.39 is 0 Å². The van der Waals surface area contributed by atoms with Gasteiger partial charge in [0.25, 0.3) is 5.91 Å². The average Bonchev–Trinajstić information content (AvgIpc) is 3.58. The second-order valence-corrected chi connectivity index (χ2v) is 13.7. The van der Waals surface area contributed by atoms with E-state index in [-0.39, 0.29) is 23.8 Å². The third-order valence-electron chi connectivity index (χ3n) is 9.58. The fourth-order valence-corrected chi connectivity index (χ4v) is 8.55. The molecule has 1 N–H and O–H groups in total. The molecule has 2 saturated carbocycles. The molecule has 0 radical (unpaired) electrons. The maximum atomic E-state index is 13.5. The molecular weight excluding hydrogens is 470 g/mol. The molecule has 2 amide bonds. The maximum absolute atomic E-state index is 13.5. The van der Waals surface area contributed by atoms with Crippen molar-refractivity contribution in [2.75, 3.05) is 26.2 Å². The minimum absolute atomic E-state index is 0.0951. The smallest absolute Gasteiger partial charge is 0.255 e. The highest BCUT2D eigenvalue weighted by molar-refractivity contribution is 7.12. The highest BCUT2D eigenvalue weighted by atomic mass is 32.1. The van der Waals surface area contributed by atoms with Crippen molar-refractivity contribution in [3.63, 3.8) is 0 Å². The summed E-state index contributed by atoms with van der Waals surface area (Å²) in [6.45, 7) is 9.96. The predicted molar refractivity (Wildman–Crippen MR) is 142 cm³/mol. The van der Waals surface area contributed by atoms with E-state index in [9.17, 15) is 9.59 Å². The van der Waals surface area contributed by atoms with Crippen molar-refractivity contribution in [3.8, 4) is 0 Å². The third kappa shape index (κ3) is 5.00. The molecule has 3 unspecified atom stereocenters. The number of carbonyl (C=O) groups excluding carboxylic acids is 2. The number of hydrogen-bond acceptors (Lipinski definition) is 5. The van der Waals surface area contributed by atoms with E-state index in [1.165, 1.54) is 53.8 Å². The van der Waals surface area contributed by atoms with Gasteiger partial charge in [-0.05, 0) is 82.6 Å². The van der Waals surface area contributed by atoms with E-state index in [0.29, 0.717) is 24.7 Å². The molecule has 2 saturated heterocycles. The SMILES string of the molecule is Cc1c(CC2CCC(N3CC(OC4CC4)C3)CC2)sc2c1C(=O)N(CC1C(=O)NC(C)CC1C)CC2. The van der Waals surface area contributed by atoms with Gasteiger partial charge in [-0.3, -0.25) is 14.5 Å². The summed E-state index contributed by atoms with van der Waals surface area (Å²) in [6.07, 6.45) is 11.8. The first kappa shape index (κ1) is 24.9. The molecule has 1 aromatic rings. The number of thiophene rings is 1. The summed E-state index contributed by atoms with van der Waals surface area (Å²) < 4.78 is 6.05. The Balaban J connectivity index is 1.03. The van der Waals surface area contributed by atoms with Crippen LogP contribution in [0, 0.1) is 24.7 Å². The molecular formula is C29H43N3O3S. The summed E-state index contributed by atoms with van der Waals surface area (Å²) >= 11 is 1.89. The van der Waals surface area contributed by atoms with Gasteiger partial charge in [0, 0.05) is 54.4 Å². The van der Waals surface area contributed by atoms with Crippen LogP contribution in [0.25, 0.3) is 0 Å². The summed E-state index contributed by atoms with van der Waals surface area (Å²) in [5.74, 6) is 1.22. The van der Waals surface area contributed by atoms with Crippen LogP contribution >= 0.6 is 11.3 Å². The zero-order chi connectivity index (χ0) is 25.0. The predicted octanol–water partition coefficient (Wildman–Crippen LogP) is 4.18. The van der Waals surface area contributed by atoms with Gasteiger partial charge in [0.2, 0.25) is 5.91 Å². The van der Waals surface area contributed by atoms with E-state index in [1.54, 1.807) is 0 Å². The maximum Gasteiger partial charge on any atom is 0.255 e. The van der Waals surface area contributed by atoms with Crippen LogP contribution in [-0.4, -0.2) is 72.1 Å². The molecule has 4 fully saturated rings. The summed E-state index contributed by atoms with van der Waals surface area (Å²) in [5, 5.41) is 3.09. The van der Waals surface area contributed by atoms with Crippen molar-refractivity contribution in [2.45, 2.75) is 103 Å². The Kier molecular flexibility index (Phi) is 6.93. The number of carbonyl (C=O) groups is 2. The summed E-state index contributed by atoms with van der Waals surface area (Å²) in [4.78, 5) is 33.5. The van der Waals surface area contributed by atoms with Crippen molar-refractivity contribution in [1.29, 1.82) is 0 Å². The topological polar surface area (TPSA) is 61.9 Å². The highest BCUT2D eigenvalue weighted by Gasteiger charge is 2.39. The van der Waals surface area contributed by atoms with Gasteiger partial charge in [0.05, 0.1) is 23.7 Å². The van der Waals surface area contributed by atoms with Crippen molar-refractivity contribution < 1.29 is 14.3 Å². The zero-order valence-corrected chi connectivity index (χ0v) is 23.1. The number of nitrogens with one attached hydrogen (secondary N) is 1. The summed E-state index contributed by atoms with van der Waals surface area (Å²) in [7, 11) is 0. The van der Waals surface area contributed by atoms with Gasteiger partial charge in [0.1, 0.15) is 0 Å². The molecule has 7 heteroatoms. The van der Waals surface area contributed by atoms with Gasteiger partial charge in [-0.2, -0.15) is 0 Å². The lowest BCUT2D eigenvalue weighted by Crippen LogP contribution is -2.57. The number of rotatable bonds is 7. The number of likely N-dealkylation sites (tertiary alicyclic amines) is 1. The number of nitrogens with zero attached hydrogens (tertiary/aromatic N) is 2. The minimum Gasteiger partial charge on any atom is -0.372 e. The van der Waals surface area contributed by atoms with Crippen LogP contribution in [0.1, 0.15) is 84.5 Å². The van der Waals surface area contributed by atoms with Gasteiger partial charge in [-0.15, -0.1) is 11.3 Å². The van der Waals surface area contributed by atoms with Crippen LogP contribution in [0.3, 0.4) is 0 Å². The van der Waals surface area contributed by atoms with Crippen LogP contribution in [-0.2, 0) is 22.4 Å². The van der Waals surface area contributed by atoms with Crippen LogP contribution < -0.4 is 5.32 Å². The van der Waals surface area contributed by atoms with Crippen molar-refractivity contribution >= 4 is 23.2 Å². The largest absolute Gasteiger partial charge is 0.372 e. The molecule has 198 valence electrons. The Morgan fingerprint density at radius 2 is 1.78 bits per heavy atom. The molecule has 5 aliphatic rings. The summed E-state index contributed by atoms with van der Waals surface area (Å²) in [5.41, 5.74) is 2.17. The van der Waals surface area contributed by atoms with Gasteiger partial charge in [0.15, 0.2) is 0 Å². The molecule has 3 atom stereocenters. The fourth-order valence-electron chi connectivity index (χ4n) is 7.14. The van der Waals surface area contributed by atoms with Crippen LogP contribution in [0.5, 0.6) is 0 Å². The molecule has 0 bridgehead atoms. The van der Waals surface area contributed by atoms with E-state index >= 15 is 0 Å². The highest BCUT2D eigenvalue weighted by Crippen LogP contribution is 2.39. The van der Waals surface area contributed by atoms with Gasteiger partial charge >= 0.3 is 0 Å². The molecule has 36 heavy (non-hydrogen) atoms. The number of piperidine rings is 1. The Hall–Kier alpha value is -1.44. The quantitative estimate of drug-likeness (QED) is 0.594. The Labute approximate surface area is 220 Å². The standard InChI is InChI=1S/C29H43N3O3S/c1-17-12-18(2)30-28(33)24(17)16-31-11-10-25-27(29(31)34)19(3)26(36-25)13-20-4-6-21(7-5-20)32-14-23(15-32)35-22-8-9-22/h17-18,20-24H,4-16H2,1-3H3,(H,30,33). The fraction of sp³-hybridized carbons (Fsp3) is 0.793. The average molecular weight is 514 g/mol. The summed E-state index contributed by atoms with van der Waals surface area (Å²) in [6, 6.07) is 0.976. The molecule has 3 aliphatic heterocycles. The Morgan fingerprint density at radius 1 is 1.03 bits per heavy atom. The minimum atomic E-state index is -0.0951. The van der Waals surface area contributed by atoms with E-state index in [0.717, 1.165) is 56.4 Å². The lowest BCUT2D eigenvalue weighted by molar-refractivity contribution is -0.130. The number of amides is 2. The number of ether oxygens (including phenoxy) is 1. The van der Waals surface area contributed by atoms with Crippen LogP contribution in [0.15, 0.2) is 0 Å². The molecule has 1 aromatic heterocycles. The molecule has 0 aromatic carbocycles. The zero-order valence-electron chi connectivity index (χ0n) is 22.3. The lowest BCUT2D eigenvalue weighted by atomic mass is 9.81. The molecule has 2 aliphatic carbocycles. The second-order valence-electron chi connectivity index (χ2n) is 12.5. The van der Waals surface area contributed by atoms with Gasteiger partial charge < -0.3 is 15.0 Å². The van der Waals surface area contributed by atoms with Gasteiger partial charge in [-0.1, -0.05) is 6.92 Å². The van der Waals surface area contributed by atoms with E-state index in [1.807, 2.05) is 16.2 Å². The van der Waals surface area contributed by atoms with Crippen molar-refractivity contribution in [3.05, 3.63) is 20.9 Å². The lowest BCUT2D eigenvalue weighted by Gasteiger charge is -2.46. The molecule has 4 heterocycles. The number of hydrogen-bond donors (Lipinski definition) is 1. The Morgan fingerprint density at radius 3 is 2.47 bits per heavy atom. The molecule has 6 nitrogen and oxygen atoms in total. The van der Waals surface area contributed by atoms with Crippen LogP contribution in [0.4, 0.5) is 0 Å². The second kappa shape index (κ2) is 10.0. The molecule has 6 rings (SSSR count). The first-order valence-electron chi connectivity index (χ1n) is 14.5. The van der Waals surface area contributed by atoms with Crippen molar-refractivity contribution in [2.24, 2.45) is 17.8 Å². The normalized spacial score (nSPS) is 33.9.